The van der Waals surface area contributed by atoms with Gasteiger partial charge in [-0.15, -0.1) is 0 Å². The van der Waals surface area contributed by atoms with E-state index in [1.54, 1.807) is 20.8 Å². The van der Waals surface area contributed by atoms with Crippen LogP contribution in [0.2, 0.25) is 5.02 Å². The Morgan fingerprint density at radius 3 is 2.50 bits per heavy atom. The SMILES string of the molecule is CCN(C(=O)Cc1c(F)cccc1Cl)C(C)CS(=O)(=O)CC. The summed E-state index contributed by atoms with van der Waals surface area (Å²) in [4.78, 5) is 13.8. The molecular formula is C15H21ClFNO3S. The van der Waals surface area contributed by atoms with Crippen LogP contribution in [0.15, 0.2) is 18.2 Å². The summed E-state index contributed by atoms with van der Waals surface area (Å²) in [5, 5.41) is 0.193. The molecule has 0 N–H and O–H groups in total. The maximum absolute atomic E-state index is 13.8. The third kappa shape index (κ3) is 4.95. The van der Waals surface area contributed by atoms with Gasteiger partial charge in [-0.2, -0.15) is 0 Å². The quantitative estimate of drug-likeness (QED) is 0.760. The van der Waals surface area contributed by atoms with E-state index in [4.69, 9.17) is 11.6 Å². The van der Waals surface area contributed by atoms with Gasteiger partial charge in [-0.1, -0.05) is 24.6 Å². The summed E-state index contributed by atoms with van der Waals surface area (Å²) < 4.78 is 37.2. The van der Waals surface area contributed by atoms with Crippen molar-refractivity contribution in [3.05, 3.63) is 34.6 Å². The fraction of sp³-hybridized carbons (Fsp3) is 0.533. The molecule has 0 aliphatic carbocycles. The van der Waals surface area contributed by atoms with Crippen molar-refractivity contribution in [3.63, 3.8) is 0 Å². The van der Waals surface area contributed by atoms with Gasteiger partial charge in [0.1, 0.15) is 5.82 Å². The number of nitrogens with zero attached hydrogens (tertiary/aromatic N) is 1. The highest BCUT2D eigenvalue weighted by molar-refractivity contribution is 7.91. The first-order valence-electron chi connectivity index (χ1n) is 7.14. The molecule has 1 unspecified atom stereocenters. The van der Waals surface area contributed by atoms with Gasteiger partial charge >= 0.3 is 0 Å². The van der Waals surface area contributed by atoms with Crippen LogP contribution in [0, 0.1) is 5.82 Å². The first-order chi connectivity index (χ1) is 10.2. The summed E-state index contributed by atoms with van der Waals surface area (Å²) in [6.07, 6.45) is -0.185. The van der Waals surface area contributed by atoms with Crippen LogP contribution in [0.25, 0.3) is 0 Å². The van der Waals surface area contributed by atoms with Crippen molar-refractivity contribution < 1.29 is 17.6 Å². The second-order valence-electron chi connectivity index (χ2n) is 5.10. The van der Waals surface area contributed by atoms with Crippen LogP contribution in [0.5, 0.6) is 0 Å². The van der Waals surface area contributed by atoms with Crippen LogP contribution < -0.4 is 0 Å². The average Bonchev–Trinajstić information content (AvgIpc) is 2.43. The van der Waals surface area contributed by atoms with Crippen molar-refractivity contribution in [1.29, 1.82) is 0 Å². The lowest BCUT2D eigenvalue weighted by Gasteiger charge is -2.28. The monoisotopic (exact) mass is 349 g/mol. The molecule has 1 aromatic carbocycles. The number of carbonyl (C=O) groups is 1. The van der Waals surface area contributed by atoms with Gasteiger partial charge in [0.2, 0.25) is 5.91 Å². The molecule has 124 valence electrons. The van der Waals surface area contributed by atoms with E-state index in [2.05, 4.69) is 0 Å². The molecule has 0 spiro atoms. The van der Waals surface area contributed by atoms with E-state index in [1.807, 2.05) is 0 Å². The first kappa shape index (κ1) is 18.9. The Bertz CT molecular complexity index is 613. The van der Waals surface area contributed by atoms with E-state index in [0.29, 0.717) is 6.54 Å². The molecular weight excluding hydrogens is 329 g/mol. The zero-order chi connectivity index (χ0) is 16.9. The zero-order valence-electron chi connectivity index (χ0n) is 13.0. The summed E-state index contributed by atoms with van der Waals surface area (Å²) in [5.74, 6) is -0.949. The van der Waals surface area contributed by atoms with E-state index >= 15 is 0 Å². The normalized spacial score (nSPS) is 13.0. The highest BCUT2D eigenvalue weighted by Gasteiger charge is 2.24. The topological polar surface area (TPSA) is 54.5 Å². The lowest BCUT2D eigenvalue weighted by molar-refractivity contribution is -0.131. The van der Waals surface area contributed by atoms with Crippen LogP contribution in [-0.4, -0.2) is 43.3 Å². The van der Waals surface area contributed by atoms with Gasteiger partial charge in [0.25, 0.3) is 0 Å². The van der Waals surface area contributed by atoms with E-state index < -0.39 is 21.7 Å². The average molecular weight is 350 g/mol. The molecule has 1 atom stereocenters. The standard InChI is InChI=1S/C15H21ClFNO3S/c1-4-18(11(3)10-22(20,21)5-2)15(19)9-12-13(16)7-6-8-14(12)17/h6-8,11H,4-5,9-10H2,1-3H3. The molecule has 0 fully saturated rings. The van der Waals surface area contributed by atoms with E-state index in [1.165, 1.54) is 23.1 Å². The van der Waals surface area contributed by atoms with Crippen molar-refractivity contribution in [1.82, 2.24) is 4.90 Å². The van der Waals surface area contributed by atoms with E-state index in [-0.39, 0.29) is 34.4 Å². The second kappa shape index (κ2) is 7.92. The molecule has 4 nitrogen and oxygen atoms in total. The molecule has 0 aliphatic heterocycles. The van der Waals surface area contributed by atoms with E-state index in [9.17, 15) is 17.6 Å². The lowest BCUT2D eigenvalue weighted by Crippen LogP contribution is -2.43. The Morgan fingerprint density at radius 1 is 1.36 bits per heavy atom. The predicted molar refractivity (Wildman–Crippen MR) is 86.3 cm³/mol. The summed E-state index contributed by atoms with van der Waals surface area (Å²) in [6, 6.07) is 3.78. The van der Waals surface area contributed by atoms with Crippen LogP contribution in [0.4, 0.5) is 4.39 Å². The molecule has 0 saturated carbocycles. The van der Waals surface area contributed by atoms with Gasteiger partial charge in [0.05, 0.1) is 12.2 Å². The Kier molecular flexibility index (Phi) is 6.81. The fourth-order valence-corrected chi connectivity index (χ4v) is 3.64. The van der Waals surface area contributed by atoms with Crippen LogP contribution in [0.1, 0.15) is 26.3 Å². The van der Waals surface area contributed by atoms with Gasteiger partial charge < -0.3 is 4.90 Å². The molecule has 7 heteroatoms. The first-order valence-corrected chi connectivity index (χ1v) is 9.34. The van der Waals surface area contributed by atoms with E-state index in [0.717, 1.165) is 0 Å². The molecule has 0 bridgehead atoms. The largest absolute Gasteiger partial charge is 0.339 e. The maximum Gasteiger partial charge on any atom is 0.227 e. The van der Waals surface area contributed by atoms with Crippen molar-refractivity contribution >= 4 is 27.3 Å². The molecule has 22 heavy (non-hydrogen) atoms. The molecule has 0 aromatic heterocycles. The summed E-state index contributed by atoms with van der Waals surface area (Å²) in [6.45, 7) is 5.36. The molecule has 1 amide bonds. The summed E-state index contributed by atoms with van der Waals surface area (Å²) >= 11 is 5.92. The molecule has 1 rings (SSSR count). The second-order valence-corrected chi connectivity index (χ2v) is 7.91. The van der Waals surface area contributed by atoms with Gasteiger partial charge in [0.15, 0.2) is 9.84 Å². The Balaban J connectivity index is 2.89. The van der Waals surface area contributed by atoms with Crippen molar-refractivity contribution in [2.45, 2.75) is 33.2 Å². The number of hydrogen-bond acceptors (Lipinski definition) is 3. The number of amides is 1. The zero-order valence-corrected chi connectivity index (χ0v) is 14.5. The highest BCUT2D eigenvalue weighted by atomic mass is 35.5. The number of hydrogen-bond donors (Lipinski definition) is 0. The summed E-state index contributed by atoms with van der Waals surface area (Å²) in [7, 11) is -3.19. The van der Waals surface area contributed by atoms with Gasteiger partial charge in [-0.05, 0) is 26.0 Å². The van der Waals surface area contributed by atoms with Crippen molar-refractivity contribution in [3.8, 4) is 0 Å². The minimum atomic E-state index is -3.19. The molecule has 0 aliphatic rings. The minimum Gasteiger partial charge on any atom is -0.339 e. The molecule has 0 heterocycles. The number of sulfone groups is 1. The van der Waals surface area contributed by atoms with Gasteiger partial charge in [0, 0.05) is 28.9 Å². The highest BCUT2D eigenvalue weighted by Crippen LogP contribution is 2.20. The third-order valence-corrected chi connectivity index (χ3v) is 5.74. The van der Waals surface area contributed by atoms with Crippen molar-refractivity contribution in [2.75, 3.05) is 18.1 Å². The summed E-state index contributed by atoms with van der Waals surface area (Å²) in [5.41, 5.74) is 0.137. The fourth-order valence-electron chi connectivity index (χ4n) is 2.26. The third-order valence-electron chi connectivity index (χ3n) is 3.52. The Morgan fingerprint density at radius 2 is 2.00 bits per heavy atom. The van der Waals surface area contributed by atoms with Gasteiger partial charge in [-0.3, -0.25) is 4.79 Å². The smallest absolute Gasteiger partial charge is 0.227 e. The van der Waals surface area contributed by atoms with Crippen LogP contribution in [-0.2, 0) is 21.1 Å². The maximum atomic E-state index is 13.8. The Labute approximate surface area is 136 Å². The minimum absolute atomic E-state index is 0.0300. The molecule has 1 aromatic rings. The number of likely N-dealkylation sites (N-methyl/N-ethyl adjacent to an activating group) is 1. The lowest BCUT2D eigenvalue weighted by atomic mass is 10.1. The Hall–Kier alpha value is -1.14. The van der Waals surface area contributed by atoms with Crippen molar-refractivity contribution in [2.24, 2.45) is 0 Å². The number of benzene rings is 1. The molecule has 0 radical (unpaired) electrons. The van der Waals surface area contributed by atoms with Gasteiger partial charge in [-0.25, -0.2) is 12.8 Å². The number of halogens is 2. The predicted octanol–water partition coefficient (Wildman–Crippen LogP) is 2.69. The number of carbonyl (C=O) groups excluding carboxylic acids is 1. The number of rotatable bonds is 7. The molecule has 0 saturated heterocycles. The van der Waals surface area contributed by atoms with Crippen LogP contribution >= 0.6 is 11.6 Å². The van der Waals surface area contributed by atoms with Crippen LogP contribution in [0.3, 0.4) is 0 Å².